The summed E-state index contributed by atoms with van der Waals surface area (Å²) in [5.74, 6) is -16.1. The SMILES string of the molecule is CC1=CC(C2=C(c3cc(C)sc3C)C(F)(F)C(F)(F)C2(F)F)=C(C)S1(=O)=O. The van der Waals surface area contributed by atoms with Crippen LogP contribution in [0.2, 0.25) is 0 Å². The van der Waals surface area contributed by atoms with Gasteiger partial charge < -0.3 is 0 Å². The first kappa shape index (κ1) is 20.2. The van der Waals surface area contributed by atoms with Crippen LogP contribution in [0, 0.1) is 13.8 Å². The van der Waals surface area contributed by atoms with Crippen molar-refractivity contribution in [2.45, 2.75) is 45.5 Å². The number of aryl methyl sites for hydroxylation is 2. The largest absolute Gasteiger partial charge is 0.380 e. The number of allylic oxidation sites excluding steroid dienone is 6. The quantitative estimate of drug-likeness (QED) is 0.571. The van der Waals surface area contributed by atoms with Crippen LogP contribution in [0.4, 0.5) is 26.3 Å². The van der Waals surface area contributed by atoms with Crippen LogP contribution in [0.1, 0.15) is 29.2 Å². The Morgan fingerprint density at radius 2 is 1.41 bits per heavy atom. The molecule has 1 aromatic rings. The van der Waals surface area contributed by atoms with Crippen LogP contribution in [0.15, 0.2) is 33.1 Å². The van der Waals surface area contributed by atoms with Crippen molar-refractivity contribution in [3.05, 3.63) is 48.4 Å². The molecule has 10 heteroatoms. The Bertz CT molecular complexity index is 1060. The molecule has 0 N–H and O–H groups in total. The Balaban J connectivity index is 2.51. The molecule has 148 valence electrons. The molecule has 0 atom stereocenters. The lowest BCUT2D eigenvalue weighted by Gasteiger charge is -2.25. The molecule has 2 nitrogen and oxygen atoms in total. The van der Waals surface area contributed by atoms with Crippen molar-refractivity contribution in [3.8, 4) is 0 Å². The molecule has 0 fully saturated rings. The van der Waals surface area contributed by atoms with E-state index in [1.165, 1.54) is 13.8 Å². The first-order valence-corrected chi connectivity index (χ1v) is 9.99. The molecule has 0 spiro atoms. The standard InChI is InChI=1S/C17H14F6O2S2/c1-7-5-11(9(3)26-7)13-14(12-6-8(2)27(24,25)10(12)4)16(20,21)17(22,23)15(13,18)19/h5-6H,1-4H3. The number of alkyl halides is 6. The van der Waals surface area contributed by atoms with Gasteiger partial charge in [-0.2, -0.15) is 26.3 Å². The minimum atomic E-state index is -5.70. The molecule has 1 aliphatic carbocycles. The molecule has 0 amide bonds. The van der Waals surface area contributed by atoms with Gasteiger partial charge in [0, 0.05) is 25.8 Å². The van der Waals surface area contributed by atoms with Crippen molar-refractivity contribution in [2.24, 2.45) is 0 Å². The summed E-state index contributed by atoms with van der Waals surface area (Å²) in [6, 6.07) is 1.14. The second-order valence-corrected chi connectivity index (χ2v) is 10.3. The van der Waals surface area contributed by atoms with Crippen molar-refractivity contribution in [2.75, 3.05) is 0 Å². The van der Waals surface area contributed by atoms with Gasteiger partial charge in [0.2, 0.25) is 0 Å². The smallest absolute Gasteiger partial charge is 0.219 e. The maximum atomic E-state index is 14.6. The lowest BCUT2D eigenvalue weighted by atomic mass is 9.94. The van der Waals surface area contributed by atoms with E-state index in [2.05, 4.69) is 0 Å². The third-order valence-electron chi connectivity index (χ3n) is 4.80. The minimum absolute atomic E-state index is 0.160. The molecule has 1 aromatic heterocycles. The fourth-order valence-electron chi connectivity index (χ4n) is 3.33. The molecule has 3 rings (SSSR count). The van der Waals surface area contributed by atoms with Gasteiger partial charge in [-0.05, 0) is 51.0 Å². The molecule has 0 saturated heterocycles. The summed E-state index contributed by atoms with van der Waals surface area (Å²) < 4.78 is 111. The summed E-state index contributed by atoms with van der Waals surface area (Å²) in [5.41, 5.74) is -4.37. The van der Waals surface area contributed by atoms with Gasteiger partial charge in [-0.3, -0.25) is 0 Å². The van der Waals surface area contributed by atoms with Gasteiger partial charge in [-0.1, -0.05) is 0 Å². The summed E-state index contributed by atoms with van der Waals surface area (Å²) in [6.45, 7) is 4.92. The predicted molar refractivity (Wildman–Crippen MR) is 90.9 cm³/mol. The summed E-state index contributed by atoms with van der Waals surface area (Å²) in [4.78, 5) is -0.382. The molecule has 2 heterocycles. The zero-order chi connectivity index (χ0) is 20.7. The fraction of sp³-hybridized carbons (Fsp3) is 0.412. The zero-order valence-corrected chi connectivity index (χ0v) is 16.2. The van der Waals surface area contributed by atoms with E-state index in [4.69, 9.17) is 0 Å². The molecule has 0 bridgehead atoms. The number of sulfone groups is 1. The summed E-state index contributed by atoms with van der Waals surface area (Å²) in [6.07, 6.45) is 0.750. The van der Waals surface area contributed by atoms with Crippen molar-refractivity contribution >= 4 is 26.7 Å². The molecule has 0 unspecified atom stereocenters. The summed E-state index contributed by atoms with van der Waals surface area (Å²) in [7, 11) is -4.14. The average Bonchev–Trinajstić information content (AvgIpc) is 2.98. The Kier molecular flexibility index (Phi) is 4.11. The van der Waals surface area contributed by atoms with Gasteiger partial charge in [-0.25, -0.2) is 8.42 Å². The zero-order valence-electron chi connectivity index (χ0n) is 14.6. The third kappa shape index (κ3) is 2.35. The van der Waals surface area contributed by atoms with E-state index < -0.39 is 54.8 Å². The Hall–Kier alpha value is -1.55. The minimum Gasteiger partial charge on any atom is -0.219 e. The van der Waals surface area contributed by atoms with Crippen LogP contribution < -0.4 is 0 Å². The highest BCUT2D eigenvalue weighted by molar-refractivity contribution is 7.99. The van der Waals surface area contributed by atoms with Gasteiger partial charge >= 0.3 is 17.8 Å². The maximum absolute atomic E-state index is 14.6. The highest BCUT2D eigenvalue weighted by Gasteiger charge is 2.80. The number of rotatable bonds is 2. The highest BCUT2D eigenvalue weighted by Crippen LogP contribution is 2.65. The first-order valence-electron chi connectivity index (χ1n) is 7.69. The van der Waals surface area contributed by atoms with Gasteiger partial charge in [0.25, 0.3) is 0 Å². The van der Waals surface area contributed by atoms with Crippen LogP contribution in [0.5, 0.6) is 0 Å². The number of hydrogen-bond acceptors (Lipinski definition) is 3. The van der Waals surface area contributed by atoms with E-state index in [0.29, 0.717) is 4.88 Å². The second kappa shape index (κ2) is 5.50. The number of hydrogen-bond donors (Lipinski definition) is 0. The Morgan fingerprint density at radius 3 is 1.81 bits per heavy atom. The van der Waals surface area contributed by atoms with Crippen LogP contribution in [0.3, 0.4) is 0 Å². The van der Waals surface area contributed by atoms with Gasteiger partial charge in [-0.15, -0.1) is 11.3 Å². The van der Waals surface area contributed by atoms with Gasteiger partial charge in [0.15, 0.2) is 9.84 Å². The Labute approximate surface area is 155 Å². The summed E-state index contributed by atoms with van der Waals surface area (Å²) >= 11 is 0.996. The number of halogens is 6. The van der Waals surface area contributed by atoms with E-state index >= 15 is 0 Å². The van der Waals surface area contributed by atoms with E-state index in [-0.39, 0.29) is 9.78 Å². The second-order valence-electron chi connectivity index (χ2n) is 6.53. The molecule has 2 aliphatic rings. The normalized spacial score (nSPS) is 25.3. The molecular formula is C17H14F6O2S2. The van der Waals surface area contributed by atoms with Crippen molar-refractivity contribution in [1.82, 2.24) is 0 Å². The molecule has 0 radical (unpaired) electrons. The first-order chi connectivity index (χ1) is 12.1. The summed E-state index contributed by atoms with van der Waals surface area (Å²) in [5, 5.41) is 0. The van der Waals surface area contributed by atoms with Crippen molar-refractivity contribution in [1.29, 1.82) is 0 Å². The van der Waals surface area contributed by atoms with Crippen molar-refractivity contribution in [3.63, 3.8) is 0 Å². The molecule has 1 aliphatic heterocycles. The Morgan fingerprint density at radius 1 is 0.889 bits per heavy atom. The lowest BCUT2D eigenvalue weighted by Crippen LogP contribution is -2.49. The van der Waals surface area contributed by atoms with Crippen molar-refractivity contribution < 1.29 is 34.8 Å². The van der Waals surface area contributed by atoms with Gasteiger partial charge in [0.1, 0.15) is 0 Å². The van der Waals surface area contributed by atoms with E-state index in [1.807, 2.05) is 0 Å². The number of thiophene rings is 1. The molecule has 27 heavy (non-hydrogen) atoms. The molecule has 0 aromatic carbocycles. The molecular weight excluding hydrogens is 414 g/mol. The van der Waals surface area contributed by atoms with Gasteiger partial charge in [0.05, 0.1) is 4.91 Å². The van der Waals surface area contributed by atoms with E-state index in [9.17, 15) is 34.8 Å². The van der Waals surface area contributed by atoms with Crippen LogP contribution >= 0.6 is 11.3 Å². The van der Waals surface area contributed by atoms with Crippen LogP contribution in [0.25, 0.3) is 5.57 Å². The molecule has 0 saturated carbocycles. The van der Waals surface area contributed by atoms with E-state index in [0.717, 1.165) is 37.3 Å². The maximum Gasteiger partial charge on any atom is 0.380 e. The van der Waals surface area contributed by atoms with E-state index in [1.54, 1.807) is 0 Å². The lowest BCUT2D eigenvalue weighted by molar-refractivity contribution is -0.259. The topological polar surface area (TPSA) is 34.1 Å². The average molecular weight is 428 g/mol. The highest BCUT2D eigenvalue weighted by atomic mass is 32.2. The predicted octanol–water partition coefficient (Wildman–Crippen LogP) is 5.64. The third-order valence-corrected chi connectivity index (χ3v) is 7.76. The van der Waals surface area contributed by atoms with Crippen LogP contribution in [-0.4, -0.2) is 26.2 Å². The monoisotopic (exact) mass is 428 g/mol. The fourth-order valence-corrected chi connectivity index (χ4v) is 5.47. The van der Waals surface area contributed by atoms with Crippen LogP contribution in [-0.2, 0) is 9.84 Å².